The van der Waals surface area contributed by atoms with Gasteiger partial charge in [-0.3, -0.25) is 9.59 Å². The van der Waals surface area contributed by atoms with Crippen LogP contribution in [0, 0.1) is 13.8 Å². The minimum Gasteiger partial charge on any atom is -0.468 e. The van der Waals surface area contributed by atoms with Crippen molar-refractivity contribution in [2.75, 3.05) is 7.11 Å². The summed E-state index contributed by atoms with van der Waals surface area (Å²) in [5.41, 5.74) is 3.12. The molecule has 1 amide bonds. The number of carbonyl (C=O) groups excluding carboxylic acids is 2. The van der Waals surface area contributed by atoms with Crippen LogP contribution in [0.3, 0.4) is 0 Å². The normalized spacial score (nSPS) is 12.5. The molecule has 3 aromatic rings. The minimum atomic E-state index is -3.42. The Morgan fingerprint density at radius 1 is 1.13 bits per heavy atom. The van der Waals surface area contributed by atoms with Crippen molar-refractivity contribution in [1.82, 2.24) is 4.57 Å². The Kier molecular flexibility index (Phi) is 6.47. The molecule has 0 aliphatic rings. The molecule has 0 radical (unpaired) electrons. The lowest BCUT2D eigenvalue weighted by Gasteiger charge is -2.07. The molecule has 31 heavy (non-hydrogen) atoms. The molecule has 7 nitrogen and oxygen atoms in total. The predicted octanol–water partition coefficient (Wildman–Crippen LogP) is 3.42. The molecule has 0 saturated carbocycles. The van der Waals surface area contributed by atoms with Gasteiger partial charge in [0.05, 0.1) is 27.5 Å². The fourth-order valence-electron chi connectivity index (χ4n) is 3.16. The lowest BCUT2D eigenvalue weighted by atomic mass is 10.1. The van der Waals surface area contributed by atoms with Crippen molar-refractivity contribution in [3.05, 3.63) is 57.9 Å². The topological polar surface area (TPSA) is 94.8 Å². The zero-order chi connectivity index (χ0) is 22.9. The molecule has 0 spiro atoms. The zero-order valence-electron chi connectivity index (χ0n) is 18.0. The van der Waals surface area contributed by atoms with E-state index in [-0.39, 0.29) is 17.0 Å². The second-order valence-electron chi connectivity index (χ2n) is 7.51. The molecule has 3 rings (SSSR count). The summed E-state index contributed by atoms with van der Waals surface area (Å²) in [6.45, 7) is 7.07. The quantitative estimate of drug-likeness (QED) is 0.544. The largest absolute Gasteiger partial charge is 0.468 e. The van der Waals surface area contributed by atoms with E-state index < -0.39 is 27.0 Å². The average Bonchev–Trinajstić information content (AvgIpc) is 3.05. The van der Waals surface area contributed by atoms with E-state index in [0.717, 1.165) is 21.3 Å². The van der Waals surface area contributed by atoms with E-state index in [0.29, 0.717) is 4.80 Å². The van der Waals surface area contributed by atoms with Crippen LogP contribution in [0.25, 0.3) is 10.2 Å². The molecular weight excluding hydrogens is 436 g/mol. The van der Waals surface area contributed by atoms with Crippen LogP contribution in [0.4, 0.5) is 0 Å². The molecule has 0 N–H and O–H groups in total. The van der Waals surface area contributed by atoms with Crippen molar-refractivity contribution in [1.29, 1.82) is 0 Å². The molecule has 1 aromatic heterocycles. The van der Waals surface area contributed by atoms with Crippen molar-refractivity contribution in [3.8, 4) is 0 Å². The molecule has 1 heterocycles. The number of ether oxygens (including phenoxy) is 1. The Bertz CT molecular complexity index is 1330. The molecule has 0 aliphatic carbocycles. The van der Waals surface area contributed by atoms with E-state index in [1.807, 2.05) is 26.0 Å². The molecule has 0 bridgehead atoms. The van der Waals surface area contributed by atoms with Gasteiger partial charge in [-0.2, -0.15) is 4.99 Å². The first kappa shape index (κ1) is 22.9. The summed E-state index contributed by atoms with van der Waals surface area (Å²) >= 11 is 1.32. The van der Waals surface area contributed by atoms with Gasteiger partial charge >= 0.3 is 5.97 Å². The monoisotopic (exact) mass is 460 g/mol. The second kappa shape index (κ2) is 8.76. The van der Waals surface area contributed by atoms with Crippen LogP contribution >= 0.6 is 11.3 Å². The summed E-state index contributed by atoms with van der Waals surface area (Å²) in [5, 5.41) is -0.554. The van der Waals surface area contributed by atoms with Gasteiger partial charge in [0.2, 0.25) is 0 Å². The summed E-state index contributed by atoms with van der Waals surface area (Å²) in [7, 11) is -2.11. The van der Waals surface area contributed by atoms with E-state index in [1.54, 1.807) is 18.4 Å². The van der Waals surface area contributed by atoms with Crippen LogP contribution in [0.2, 0.25) is 0 Å². The Morgan fingerprint density at radius 2 is 1.77 bits per heavy atom. The fourth-order valence-corrected chi connectivity index (χ4v) is 5.29. The number of fused-ring (bicyclic) bond motifs is 1. The highest BCUT2D eigenvalue weighted by Gasteiger charge is 2.19. The smallest absolute Gasteiger partial charge is 0.325 e. The molecule has 9 heteroatoms. The number of nitrogens with zero attached hydrogens (tertiary/aromatic N) is 2. The number of hydrogen-bond donors (Lipinski definition) is 0. The Hall–Kier alpha value is -2.78. The summed E-state index contributed by atoms with van der Waals surface area (Å²) in [4.78, 5) is 29.5. The van der Waals surface area contributed by atoms with Crippen LogP contribution in [0.5, 0.6) is 0 Å². The number of thiazole rings is 1. The highest BCUT2D eigenvalue weighted by atomic mass is 32.2. The van der Waals surface area contributed by atoms with Crippen LogP contribution < -0.4 is 4.80 Å². The maximum Gasteiger partial charge on any atom is 0.325 e. The number of amides is 1. The number of rotatable bonds is 5. The van der Waals surface area contributed by atoms with Gasteiger partial charge in [0.25, 0.3) is 5.91 Å². The number of aryl methyl sites for hydroxylation is 2. The third-order valence-electron chi connectivity index (χ3n) is 4.88. The van der Waals surface area contributed by atoms with Gasteiger partial charge in [0, 0.05) is 5.56 Å². The molecule has 0 saturated heterocycles. The van der Waals surface area contributed by atoms with E-state index in [9.17, 15) is 18.0 Å². The molecule has 2 aromatic carbocycles. The van der Waals surface area contributed by atoms with Crippen molar-refractivity contribution in [2.45, 2.75) is 44.4 Å². The number of benzene rings is 2. The highest BCUT2D eigenvalue weighted by molar-refractivity contribution is 7.92. The van der Waals surface area contributed by atoms with Gasteiger partial charge in [-0.15, -0.1) is 0 Å². The van der Waals surface area contributed by atoms with Gasteiger partial charge < -0.3 is 9.30 Å². The number of carbonyl (C=O) groups is 2. The predicted molar refractivity (Wildman–Crippen MR) is 120 cm³/mol. The number of sulfone groups is 1. The maximum absolute atomic E-state index is 12.8. The summed E-state index contributed by atoms with van der Waals surface area (Å²) in [5.74, 6) is -0.968. The highest BCUT2D eigenvalue weighted by Crippen LogP contribution is 2.24. The summed E-state index contributed by atoms with van der Waals surface area (Å²) in [6.07, 6.45) is 0. The summed E-state index contributed by atoms with van der Waals surface area (Å²) in [6, 6.07) is 9.71. The maximum atomic E-state index is 12.8. The van der Waals surface area contributed by atoms with Crippen molar-refractivity contribution in [3.63, 3.8) is 0 Å². The average molecular weight is 461 g/mol. The first-order chi connectivity index (χ1) is 14.5. The van der Waals surface area contributed by atoms with Gasteiger partial charge in [0.15, 0.2) is 14.6 Å². The number of esters is 1. The molecule has 0 atom stereocenters. The van der Waals surface area contributed by atoms with Gasteiger partial charge in [0.1, 0.15) is 6.54 Å². The van der Waals surface area contributed by atoms with E-state index in [4.69, 9.17) is 4.74 Å². The first-order valence-corrected chi connectivity index (χ1v) is 12.0. The summed E-state index contributed by atoms with van der Waals surface area (Å²) < 4.78 is 32.0. The fraction of sp³-hybridized carbons (Fsp3) is 0.318. The van der Waals surface area contributed by atoms with Gasteiger partial charge in [-0.25, -0.2) is 8.42 Å². The van der Waals surface area contributed by atoms with Crippen LogP contribution in [-0.2, 0) is 25.9 Å². The molecular formula is C22H24N2O5S2. The van der Waals surface area contributed by atoms with E-state index >= 15 is 0 Å². The number of methoxy groups -OCH3 is 1. The molecule has 0 fully saturated rings. The Balaban J connectivity index is 2.09. The lowest BCUT2D eigenvalue weighted by molar-refractivity contribution is -0.141. The van der Waals surface area contributed by atoms with Crippen molar-refractivity contribution in [2.24, 2.45) is 4.99 Å². The minimum absolute atomic E-state index is 0.0723. The molecule has 0 unspecified atom stereocenters. The van der Waals surface area contributed by atoms with Crippen LogP contribution in [0.1, 0.15) is 35.3 Å². The van der Waals surface area contributed by atoms with Gasteiger partial charge in [-0.05, 0) is 69.2 Å². The molecule has 164 valence electrons. The molecule has 0 aliphatic heterocycles. The standard InChI is InChI=1S/C22H24N2O5S2/c1-13(2)31(27,28)17-8-6-16(7-9-17)21(26)23-22-24(12-19(25)29-5)18-11-14(3)10-15(4)20(18)30-22/h6-11,13H,12H2,1-5H3. The SMILES string of the molecule is COC(=O)Cn1c(=NC(=O)c2ccc(S(=O)(=O)C(C)C)cc2)sc2c(C)cc(C)cc21. The first-order valence-electron chi connectivity index (χ1n) is 9.65. The number of aromatic nitrogens is 1. The van der Waals surface area contributed by atoms with E-state index in [2.05, 4.69) is 4.99 Å². The number of hydrogen-bond acceptors (Lipinski definition) is 6. The lowest BCUT2D eigenvalue weighted by Crippen LogP contribution is -2.22. The van der Waals surface area contributed by atoms with E-state index in [1.165, 1.54) is 42.7 Å². The zero-order valence-corrected chi connectivity index (χ0v) is 19.6. The van der Waals surface area contributed by atoms with Gasteiger partial charge in [-0.1, -0.05) is 17.4 Å². The van der Waals surface area contributed by atoms with Crippen LogP contribution in [0.15, 0.2) is 46.3 Å². The second-order valence-corrected chi connectivity index (χ2v) is 11.0. The van der Waals surface area contributed by atoms with Crippen LogP contribution in [-0.4, -0.2) is 37.2 Å². The Morgan fingerprint density at radius 3 is 2.35 bits per heavy atom. The van der Waals surface area contributed by atoms with Crippen molar-refractivity contribution >= 4 is 43.3 Å². The van der Waals surface area contributed by atoms with Crippen molar-refractivity contribution < 1.29 is 22.7 Å². The third kappa shape index (κ3) is 4.62. The third-order valence-corrected chi connectivity index (χ3v) is 8.28. The Labute approximate surface area is 184 Å².